The molecule has 0 fully saturated rings. The van der Waals surface area contributed by atoms with Crippen LogP contribution in [0.4, 0.5) is 26.3 Å². The molecule has 0 aliphatic heterocycles. The van der Waals surface area contributed by atoms with Crippen LogP contribution in [-0.2, 0) is 0 Å². The van der Waals surface area contributed by atoms with Gasteiger partial charge in [-0.25, -0.2) is 0 Å². The lowest BCUT2D eigenvalue weighted by Gasteiger charge is -2.26. The topological polar surface area (TPSA) is 0 Å². The number of alkyl halides is 6. The maximum absolute atomic E-state index is 15.0. The molecule has 0 amide bonds. The molecule has 4 rings (SSSR count). The second-order valence-electron chi connectivity index (χ2n) is 6.85. The van der Waals surface area contributed by atoms with Gasteiger partial charge in [-0.3, -0.25) is 0 Å². The molecule has 1 aliphatic rings. The second-order valence-corrected chi connectivity index (χ2v) is 9.19. The largest absolute Gasteiger partial charge is 0.380 e. The van der Waals surface area contributed by atoms with Gasteiger partial charge in [0.15, 0.2) is 0 Å². The number of halogens is 6. The van der Waals surface area contributed by atoms with E-state index < -0.39 is 28.9 Å². The zero-order valence-electron chi connectivity index (χ0n) is 15.0. The average molecular weight is 432 g/mol. The van der Waals surface area contributed by atoms with Crippen LogP contribution in [0.3, 0.4) is 0 Å². The van der Waals surface area contributed by atoms with Crippen molar-refractivity contribution in [1.82, 2.24) is 0 Å². The zero-order chi connectivity index (χ0) is 20.6. The van der Waals surface area contributed by atoms with Crippen molar-refractivity contribution in [3.8, 4) is 0 Å². The molecule has 0 saturated carbocycles. The first-order valence-electron chi connectivity index (χ1n) is 8.35. The van der Waals surface area contributed by atoms with Gasteiger partial charge in [0.25, 0.3) is 0 Å². The summed E-state index contributed by atoms with van der Waals surface area (Å²) in [5, 5.41) is 1.79. The van der Waals surface area contributed by atoms with E-state index in [1.165, 1.54) is 32.2 Å². The zero-order valence-corrected chi connectivity index (χ0v) is 16.6. The summed E-state index contributed by atoms with van der Waals surface area (Å²) in [7, 11) is 0. The van der Waals surface area contributed by atoms with Crippen LogP contribution in [-0.4, -0.2) is 17.8 Å². The smallest absolute Gasteiger partial charge is 0.194 e. The standard InChI is InChI=1S/C20H14F6S2/c1-9-8-27-10(2)14(9)16-17(19(23,24)20(25,26)18(16,21)22)15-11(3)28-13-7-5-4-6-12(13)15/h4-8H,1-3H3. The van der Waals surface area contributed by atoms with Crippen molar-refractivity contribution in [3.63, 3.8) is 0 Å². The molecule has 0 bridgehead atoms. The van der Waals surface area contributed by atoms with Crippen molar-refractivity contribution in [2.75, 3.05) is 0 Å². The van der Waals surface area contributed by atoms with Gasteiger partial charge in [0.05, 0.1) is 0 Å². The van der Waals surface area contributed by atoms with E-state index in [9.17, 15) is 26.3 Å². The third kappa shape index (κ3) is 2.24. The number of benzene rings is 1. The summed E-state index contributed by atoms with van der Waals surface area (Å²) in [4.78, 5) is 0.600. The minimum absolute atomic E-state index is 0.212. The summed E-state index contributed by atoms with van der Waals surface area (Å²) in [5.74, 6) is -15.5. The fraction of sp³-hybridized carbons (Fsp3) is 0.300. The number of thiophene rings is 2. The van der Waals surface area contributed by atoms with Gasteiger partial charge in [-0.05, 0) is 37.8 Å². The second kappa shape index (κ2) is 5.86. The van der Waals surface area contributed by atoms with Crippen molar-refractivity contribution in [2.24, 2.45) is 0 Å². The van der Waals surface area contributed by atoms with Crippen LogP contribution in [0.1, 0.15) is 26.4 Å². The monoisotopic (exact) mass is 432 g/mol. The maximum atomic E-state index is 15.0. The minimum atomic E-state index is -5.53. The van der Waals surface area contributed by atoms with E-state index >= 15 is 0 Å². The van der Waals surface area contributed by atoms with Crippen molar-refractivity contribution >= 4 is 43.9 Å². The molecule has 2 heterocycles. The molecule has 0 spiro atoms. The lowest BCUT2D eigenvalue weighted by molar-refractivity contribution is -0.254. The fourth-order valence-corrected chi connectivity index (χ4v) is 5.74. The predicted octanol–water partition coefficient (Wildman–Crippen LogP) is 7.72. The SMILES string of the molecule is Cc1csc(C)c1C1=C(c2c(C)sc3ccccc23)C(F)(F)C(F)(F)C1(F)F. The molecule has 8 heteroatoms. The first-order chi connectivity index (χ1) is 12.9. The van der Waals surface area contributed by atoms with E-state index in [0.717, 1.165) is 22.7 Å². The van der Waals surface area contributed by atoms with Gasteiger partial charge in [-0.2, -0.15) is 26.3 Å². The Morgan fingerprint density at radius 3 is 1.89 bits per heavy atom. The van der Waals surface area contributed by atoms with Crippen molar-refractivity contribution in [3.05, 3.63) is 56.1 Å². The van der Waals surface area contributed by atoms with Crippen molar-refractivity contribution in [2.45, 2.75) is 38.5 Å². The number of fused-ring (bicyclic) bond motifs is 1. The fourth-order valence-electron chi connectivity index (χ4n) is 3.81. The molecule has 3 aromatic rings. The van der Waals surface area contributed by atoms with Crippen LogP contribution >= 0.6 is 22.7 Å². The van der Waals surface area contributed by atoms with Crippen LogP contribution in [0.25, 0.3) is 21.2 Å². The van der Waals surface area contributed by atoms with Crippen LogP contribution in [0.15, 0.2) is 29.6 Å². The third-order valence-electron chi connectivity index (χ3n) is 5.10. The van der Waals surface area contributed by atoms with Crippen molar-refractivity contribution in [1.29, 1.82) is 0 Å². The van der Waals surface area contributed by atoms with Gasteiger partial charge < -0.3 is 0 Å². The number of hydrogen-bond acceptors (Lipinski definition) is 2. The van der Waals surface area contributed by atoms with Gasteiger partial charge in [-0.1, -0.05) is 18.2 Å². The first kappa shape index (κ1) is 19.5. The van der Waals surface area contributed by atoms with Gasteiger partial charge in [-0.15, -0.1) is 22.7 Å². The molecular weight excluding hydrogens is 418 g/mol. The number of allylic oxidation sites excluding steroid dienone is 2. The Balaban J connectivity index is 2.22. The summed E-state index contributed by atoms with van der Waals surface area (Å²) in [6.45, 7) is 4.43. The quantitative estimate of drug-likeness (QED) is 0.364. The van der Waals surface area contributed by atoms with Crippen LogP contribution in [0.2, 0.25) is 0 Å². The molecule has 0 nitrogen and oxygen atoms in total. The Bertz CT molecular complexity index is 1110. The highest BCUT2D eigenvalue weighted by Gasteiger charge is 2.80. The Morgan fingerprint density at radius 2 is 1.32 bits per heavy atom. The Hall–Kier alpha value is -1.80. The molecular formula is C20H14F6S2. The molecule has 148 valence electrons. The van der Waals surface area contributed by atoms with E-state index in [4.69, 9.17) is 0 Å². The highest BCUT2D eigenvalue weighted by Crippen LogP contribution is 2.66. The summed E-state index contributed by atoms with van der Waals surface area (Å²) in [6, 6.07) is 6.40. The normalized spacial score (nSPS) is 20.3. The number of aryl methyl sites for hydroxylation is 3. The third-order valence-corrected chi connectivity index (χ3v) is 7.21. The maximum Gasteiger partial charge on any atom is 0.380 e. The van der Waals surface area contributed by atoms with Crippen LogP contribution in [0.5, 0.6) is 0 Å². The highest BCUT2D eigenvalue weighted by atomic mass is 32.1. The molecule has 0 atom stereocenters. The van der Waals surface area contributed by atoms with E-state index in [1.54, 1.807) is 18.2 Å². The molecule has 0 saturated heterocycles. The van der Waals surface area contributed by atoms with Crippen LogP contribution < -0.4 is 0 Å². The lowest BCUT2D eigenvalue weighted by Crippen LogP contribution is -2.49. The summed E-state index contributed by atoms with van der Waals surface area (Å²) < 4.78 is 89.2. The van der Waals surface area contributed by atoms with E-state index in [2.05, 4.69) is 0 Å². The Labute approximate surface area is 165 Å². The van der Waals surface area contributed by atoms with Gasteiger partial charge in [0.2, 0.25) is 0 Å². The summed E-state index contributed by atoms with van der Waals surface area (Å²) in [5.41, 5.74) is -2.67. The van der Waals surface area contributed by atoms with Gasteiger partial charge in [0.1, 0.15) is 0 Å². The van der Waals surface area contributed by atoms with E-state index in [0.29, 0.717) is 14.5 Å². The molecule has 1 aliphatic carbocycles. The van der Waals surface area contributed by atoms with Crippen molar-refractivity contribution < 1.29 is 26.3 Å². The number of hydrogen-bond donors (Lipinski definition) is 0. The molecule has 2 aromatic heterocycles. The Morgan fingerprint density at radius 1 is 0.750 bits per heavy atom. The molecule has 28 heavy (non-hydrogen) atoms. The highest BCUT2D eigenvalue weighted by molar-refractivity contribution is 7.19. The van der Waals surface area contributed by atoms with E-state index in [-0.39, 0.29) is 22.1 Å². The summed E-state index contributed by atoms with van der Waals surface area (Å²) >= 11 is 2.19. The number of rotatable bonds is 2. The minimum Gasteiger partial charge on any atom is -0.194 e. The Kier molecular flexibility index (Phi) is 4.08. The first-order valence-corrected chi connectivity index (χ1v) is 10.0. The molecule has 0 radical (unpaired) electrons. The van der Waals surface area contributed by atoms with Gasteiger partial charge >= 0.3 is 17.8 Å². The summed E-state index contributed by atoms with van der Waals surface area (Å²) in [6.07, 6.45) is 0. The predicted molar refractivity (Wildman–Crippen MR) is 102 cm³/mol. The average Bonchev–Trinajstić information content (AvgIpc) is 3.13. The van der Waals surface area contributed by atoms with Crippen LogP contribution in [0, 0.1) is 20.8 Å². The van der Waals surface area contributed by atoms with Gasteiger partial charge in [0, 0.05) is 42.1 Å². The van der Waals surface area contributed by atoms with E-state index in [1.807, 2.05) is 0 Å². The molecule has 0 N–H and O–H groups in total. The molecule has 0 unspecified atom stereocenters. The lowest BCUT2D eigenvalue weighted by atomic mass is 9.92. The molecule has 1 aromatic carbocycles.